The Morgan fingerprint density at radius 2 is 1.92 bits per heavy atom. The molecule has 4 nitrogen and oxygen atoms in total. The molecule has 1 aliphatic heterocycles. The molecule has 26 heavy (non-hydrogen) atoms. The monoisotopic (exact) mass is 364 g/mol. The van der Waals surface area contributed by atoms with Crippen LogP contribution in [0.2, 0.25) is 0 Å². The Morgan fingerprint density at radius 3 is 2.54 bits per heavy atom. The number of hydrogen-bond acceptors (Lipinski definition) is 4. The second kappa shape index (κ2) is 8.26. The van der Waals surface area contributed by atoms with Crippen LogP contribution in [0.5, 0.6) is 0 Å². The smallest absolute Gasteiger partial charge is 0.303 e. The molecule has 0 aromatic rings. The largest absolute Gasteiger partial charge is 0.458 e. The van der Waals surface area contributed by atoms with E-state index in [0.717, 1.165) is 32.1 Å². The molecule has 1 saturated heterocycles. The lowest BCUT2D eigenvalue weighted by atomic mass is 9.82. The van der Waals surface area contributed by atoms with Gasteiger partial charge in [0, 0.05) is 13.3 Å². The van der Waals surface area contributed by atoms with Crippen molar-refractivity contribution < 1.29 is 19.4 Å². The first-order valence-electron chi connectivity index (χ1n) is 9.90. The molecular formula is C22H36O4. The Labute approximate surface area is 158 Å². The number of hydrogen-bond donors (Lipinski definition) is 1. The standard InChI is InChI=1S/C22H36O4/c1-15-7-10-18(21(4,5)24)11-8-16(2)13-19(25-17(3)23)14-22(6)20(26-22)12-9-15/h7,13,18-20,24H,8-12,14H2,1-6H3/b15-7+,16-13+/t18-,19+,20-,22+/m0/s1. The number of allylic oxidation sites excluding steroid dienone is 3. The minimum Gasteiger partial charge on any atom is -0.458 e. The van der Waals surface area contributed by atoms with Gasteiger partial charge in [0.05, 0.1) is 17.3 Å². The van der Waals surface area contributed by atoms with Gasteiger partial charge in [-0.2, -0.15) is 0 Å². The van der Waals surface area contributed by atoms with Crippen molar-refractivity contribution in [3.05, 3.63) is 23.3 Å². The fourth-order valence-corrected chi connectivity index (χ4v) is 3.95. The van der Waals surface area contributed by atoms with Gasteiger partial charge in [-0.1, -0.05) is 17.2 Å². The molecule has 0 saturated carbocycles. The average Bonchev–Trinajstić information content (AvgIpc) is 3.11. The molecule has 1 fully saturated rings. The van der Waals surface area contributed by atoms with Gasteiger partial charge in [-0.15, -0.1) is 0 Å². The predicted molar refractivity (Wildman–Crippen MR) is 104 cm³/mol. The zero-order valence-corrected chi connectivity index (χ0v) is 17.3. The number of ether oxygens (including phenoxy) is 2. The maximum absolute atomic E-state index is 11.5. The van der Waals surface area contributed by atoms with E-state index in [1.807, 2.05) is 13.8 Å². The topological polar surface area (TPSA) is 59.1 Å². The summed E-state index contributed by atoms with van der Waals surface area (Å²) in [7, 11) is 0. The van der Waals surface area contributed by atoms with E-state index in [0.29, 0.717) is 6.42 Å². The van der Waals surface area contributed by atoms with Gasteiger partial charge in [-0.25, -0.2) is 0 Å². The van der Waals surface area contributed by atoms with Gasteiger partial charge < -0.3 is 14.6 Å². The molecule has 148 valence electrons. The molecule has 1 N–H and O–H groups in total. The number of aliphatic hydroxyl groups is 1. The van der Waals surface area contributed by atoms with Gasteiger partial charge in [0.1, 0.15) is 6.10 Å². The van der Waals surface area contributed by atoms with E-state index in [4.69, 9.17) is 9.47 Å². The third kappa shape index (κ3) is 6.24. The van der Waals surface area contributed by atoms with Crippen LogP contribution in [-0.2, 0) is 14.3 Å². The molecule has 0 unspecified atom stereocenters. The Balaban J connectivity index is 2.19. The Hall–Kier alpha value is -1.13. The summed E-state index contributed by atoms with van der Waals surface area (Å²) >= 11 is 0. The second-order valence-corrected chi connectivity index (χ2v) is 9.00. The van der Waals surface area contributed by atoms with Crippen molar-refractivity contribution in [2.75, 3.05) is 0 Å². The number of carbonyl (C=O) groups is 1. The van der Waals surface area contributed by atoms with E-state index in [1.54, 1.807) is 0 Å². The molecule has 0 spiro atoms. The SMILES string of the molecule is CC(=O)O[C@@H]1/C=C(\C)CC[C@@H](C(C)(C)O)C/C=C(\C)CC[C@@H]2O[C@]2(C)C1. The van der Waals surface area contributed by atoms with Crippen LogP contribution in [0.25, 0.3) is 0 Å². The number of epoxide rings is 1. The number of fused-ring (bicyclic) bond motifs is 1. The first-order chi connectivity index (χ1) is 12.0. The molecule has 1 heterocycles. The molecule has 2 aliphatic rings. The number of rotatable bonds is 2. The van der Waals surface area contributed by atoms with E-state index in [1.165, 1.54) is 18.1 Å². The van der Waals surface area contributed by atoms with E-state index in [2.05, 4.69) is 32.9 Å². The highest BCUT2D eigenvalue weighted by Gasteiger charge is 2.52. The predicted octanol–water partition coefficient (Wildman–Crippen LogP) is 4.71. The first-order valence-corrected chi connectivity index (χ1v) is 9.90. The van der Waals surface area contributed by atoms with Crippen molar-refractivity contribution in [1.82, 2.24) is 0 Å². The van der Waals surface area contributed by atoms with E-state index in [9.17, 15) is 9.90 Å². The van der Waals surface area contributed by atoms with Crippen molar-refractivity contribution in [1.29, 1.82) is 0 Å². The normalized spacial score (nSPS) is 38.0. The molecule has 0 amide bonds. The molecule has 0 radical (unpaired) electrons. The summed E-state index contributed by atoms with van der Waals surface area (Å²) in [6.45, 7) is 11.6. The van der Waals surface area contributed by atoms with Gasteiger partial charge in [0.25, 0.3) is 0 Å². The van der Waals surface area contributed by atoms with Crippen molar-refractivity contribution in [3.8, 4) is 0 Å². The van der Waals surface area contributed by atoms with Crippen LogP contribution in [0.1, 0.15) is 80.1 Å². The lowest BCUT2D eigenvalue weighted by Crippen LogP contribution is -2.30. The minimum atomic E-state index is -0.707. The van der Waals surface area contributed by atoms with Crippen molar-refractivity contribution in [2.45, 2.75) is 103 Å². The van der Waals surface area contributed by atoms with Crippen LogP contribution in [0.3, 0.4) is 0 Å². The summed E-state index contributed by atoms with van der Waals surface area (Å²) in [6, 6.07) is 0. The summed E-state index contributed by atoms with van der Waals surface area (Å²) in [4.78, 5) is 11.5. The van der Waals surface area contributed by atoms with Crippen molar-refractivity contribution >= 4 is 5.97 Å². The van der Waals surface area contributed by atoms with Gasteiger partial charge in [0.2, 0.25) is 0 Å². The van der Waals surface area contributed by atoms with Crippen LogP contribution in [0.4, 0.5) is 0 Å². The molecular weight excluding hydrogens is 328 g/mol. The zero-order chi connectivity index (χ0) is 19.5. The maximum Gasteiger partial charge on any atom is 0.303 e. The molecule has 0 bridgehead atoms. The quantitative estimate of drug-likeness (QED) is 0.438. The molecule has 0 aromatic carbocycles. The highest BCUT2D eigenvalue weighted by molar-refractivity contribution is 5.66. The summed E-state index contributed by atoms with van der Waals surface area (Å²) < 4.78 is 11.5. The fraction of sp³-hybridized carbons (Fsp3) is 0.773. The molecule has 4 heteroatoms. The highest BCUT2D eigenvalue weighted by Crippen LogP contribution is 2.44. The van der Waals surface area contributed by atoms with Crippen LogP contribution in [0, 0.1) is 5.92 Å². The summed E-state index contributed by atoms with van der Waals surface area (Å²) in [5.41, 5.74) is 1.65. The highest BCUT2D eigenvalue weighted by atomic mass is 16.6. The first kappa shape index (κ1) is 21.2. The third-order valence-electron chi connectivity index (χ3n) is 5.87. The van der Waals surface area contributed by atoms with Crippen molar-refractivity contribution in [3.63, 3.8) is 0 Å². The van der Waals surface area contributed by atoms with E-state index < -0.39 is 5.60 Å². The van der Waals surface area contributed by atoms with Crippen LogP contribution < -0.4 is 0 Å². The average molecular weight is 365 g/mol. The molecule has 4 atom stereocenters. The molecule has 2 rings (SSSR count). The summed E-state index contributed by atoms with van der Waals surface area (Å²) in [5.74, 6) is -0.0486. The lowest BCUT2D eigenvalue weighted by Gasteiger charge is -2.29. The van der Waals surface area contributed by atoms with E-state index >= 15 is 0 Å². The van der Waals surface area contributed by atoms with Crippen LogP contribution in [0.15, 0.2) is 23.3 Å². The second-order valence-electron chi connectivity index (χ2n) is 9.00. The fourth-order valence-electron chi connectivity index (χ4n) is 3.95. The number of carbonyl (C=O) groups excluding carboxylic acids is 1. The van der Waals surface area contributed by atoms with Gasteiger partial charge in [-0.3, -0.25) is 4.79 Å². The zero-order valence-electron chi connectivity index (χ0n) is 17.3. The Kier molecular flexibility index (Phi) is 6.73. The van der Waals surface area contributed by atoms with Crippen molar-refractivity contribution in [2.24, 2.45) is 5.92 Å². The molecule has 0 aromatic heterocycles. The van der Waals surface area contributed by atoms with Crippen LogP contribution in [-0.4, -0.2) is 34.5 Å². The van der Waals surface area contributed by atoms with Gasteiger partial charge in [-0.05, 0) is 78.7 Å². The minimum absolute atomic E-state index is 0.198. The van der Waals surface area contributed by atoms with E-state index in [-0.39, 0.29) is 29.7 Å². The summed E-state index contributed by atoms with van der Waals surface area (Å²) in [5, 5.41) is 10.5. The van der Waals surface area contributed by atoms with Gasteiger partial charge >= 0.3 is 5.97 Å². The van der Waals surface area contributed by atoms with Gasteiger partial charge in [0.15, 0.2) is 0 Å². The molecule has 1 aliphatic carbocycles. The third-order valence-corrected chi connectivity index (χ3v) is 5.87. The van der Waals surface area contributed by atoms with Crippen LogP contribution >= 0.6 is 0 Å². The Morgan fingerprint density at radius 1 is 1.27 bits per heavy atom. The Bertz CT molecular complexity index is 569. The lowest BCUT2D eigenvalue weighted by molar-refractivity contribution is -0.144. The number of esters is 1. The summed E-state index contributed by atoms with van der Waals surface area (Å²) in [6.07, 6.45) is 9.72. The maximum atomic E-state index is 11.5.